The summed E-state index contributed by atoms with van der Waals surface area (Å²) in [5.41, 5.74) is 1.28. The number of aromatic carboxylic acids is 1. The van der Waals surface area contributed by atoms with Gasteiger partial charge in [-0.15, -0.1) is 0 Å². The smallest absolute Gasteiger partial charge is 0.374 e. The van der Waals surface area contributed by atoms with Crippen molar-refractivity contribution in [1.29, 1.82) is 0 Å². The third-order valence-electron chi connectivity index (χ3n) is 5.91. The number of aromatic nitrogens is 1. The van der Waals surface area contributed by atoms with Gasteiger partial charge in [0.2, 0.25) is 11.5 Å². The highest BCUT2D eigenvalue weighted by Gasteiger charge is 2.28. The molecule has 1 aliphatic rings. The van der Waals surface area contributed by atoms with Crippen molar-refractivity contribution in [3.05, 3.63) is 65.9 Å². The number of anilines is 1. The van der Waals surface area contributed by atoms with Crippen molar-refractivity contribution in [2.24, 2.45) is 0 Å². The third kappa shape index (κ3) is 7.69. The Morgan fingerprint density at radius 1 is 1.02 bits per heavy atom. The number of rotatable bonds is 13. The maximum atomic E-state index is 11.5. The molecular weight excluding hydrogens is 584 g/mol. The molecule has 4 rings (SSSR count). The summed E-state index contributed by atoms with van der Waals surface area (Å²) in [6, 6.07) is 8.83. The Kier molecular flexibility index (Phi) is 8.77. The Morgan fingerprint density at radius 2 is 1.76 bits per heavy atom. The summed E-state index contributed by atoms with van der Waals surface area (Å²) in [7, 11) is -8.42. The number of carboxylic acids is 1. The van der Waals surface area contributed by atoms with E-state index in [0.717, 1.165) is 0 Å². The predicted octanol–water partition coefficient (Wildman–Crippen LogP) is 2.26. The van der Waals surface area contributed by atoms with E-state index in [1.807, 2.05) is 0 Å². The largest absolute Gasteiger partial charge is 0.478 e. The van der Waals surface area contributed by atoms with Gasteiger partial charge in [0.25, 0.3) is 32.2 Å². The summed E-state index contributed by atoms with van der Waals surface area (Å²) in [6.07, 6.45) is 4.69. The van der Waals surface area contributed by atoms with Gasteiger partial charge in [0.05, 0.1) is 34.9 Å². The van der Waals surface area contributed by atoms with Crippen LogP contribution >= 0.6 is 0 Å². The number of ether oxygens (including phenoxy) is 2. The number of nitrogens with zero attached hydrogens (tertiary/aromatic N) is 2. The summed E-state index contributed by atoms with van der Waals surface area (Å²) in [5, 5.41) is 9.37. The molecule has 3 N–H and O–H groups in total. The number of allylic oxidation sites excluding steroid dienone is 2. The molecule has 218 valence electrons. The zero-order chi connectivity index (χ0) is 29.8. The zero-order valence-electron chi connectivity index (χ0n) is 21.2. The topological polar surface area (TPSA) is 202 Å². The minimum atomic E-state index is -4.22. The SMILES string of the molecule is O=COc1ccc2oc(/C=C/C=C3\Oc4ccc(C(=O)O)cc4N3CCCS(=O)(=O)O)[n+](CCCS(=O)(=O)O)c2c1. The van der Waals surface area contributed by atoms with Crippen LogP contribution in [0.2, 0.25) is 0 Å². The molecule has 14 nitrogen and oxygen atoms in total. The van der Waals surface area contributed by atoms with Gasteiger partial charge in [-0.2, -0.15) is 21.4 Å². The first-order valence-electron chi connectivity index (χ1n) is 12.0. The van der Waals surface area contributed by atoms with E-state index >= 15 is 0 Å². The fourth-order valence-electron chi connectivity index (χ4n) is 4.18. The number of carbonyl (C=O) groups excluding carboxylic acids is 1. The fraction of sp³-hybridized carbons (Fsp3) is 0.240. The van der Waals surface area contributed by atoms with Gasteiger partial charge in [-0.05, 0) is 48.9 Å². The second-order valence-electron chi connectivity index (χ2n) is 8.82. The van der Waals surface area contributed by atoms with Gasteiger partial charge < -0.3 is 23.9 Å². The number of fused-ring (bicyclic) bond motifs is 2. The Bertz CT molecular complexity index is 1760. The Hall–Kier alpha value is -4.25. The second-order valence-corrected chi connectivity index (χ2v) is 12.0. The number of aryl methyl sites for hydroxylation is 1. The van der Waals surface area contributed by atoms with Crippen LogP contribution < -0.4 is 18.9 Å². The third-order valence-corrected chi connectivity index (χ3v) is 7.52. The lowest BCUT2D eigenvalue weighted by Crippen LogP contribution is -2.36. The summed E-state index contributed by atoms with van der Waals surface area (Å²) in [5.74, 6) is -1.08. The summed E-state index contributed by atoms with van der Waals surface area (Å²) < 4.78 is 81.4. The molecule has 0 spiro atoms. The molecule has 0 bridgehead atoms. The van der Waals surface area contributed by atoms with Crippen molar-refractivity contribution in [2.45, 2.75) is 19.4 Å². The van der Waals surface area contributed by atoms with Crippen molar-refractivity contribution < 1.29 is 59.1 Å². The van der Waals surface area contributed by atoms with E-state index in [4.69, 9.17) is 23.0 Å². The first-order valence-corrected chi connectivity index (χ1v) is 15.2. The molecule has 16 heteroatoms. The normalized spacial score (nSPS) is 14.5. The van der Waals surface area contributed by atoms with Crippen LogP contribution in [0.25, 0.3) is 17.2 Å². The quantitative estimate of drug-likeness (QED) is 0.145. The number of hydrogen-bond acceptors (Lipinski definition) is 10. The summed E-state index contributed by atoms with van der Waals surface area (Å²) in [6.45, 7) is 0.461. The van der Waals surface area contributed by atoms with Crippen LogP contribution in [0.3, 0.4) is 0 Å². The van der Waals surface area contributed by atoms with Crippen molar-refractivity contribution >= 4 is 55.5 Å². The average molecular weight is 610 g/mol. The maximum Gasteiger partial charge on any atom is 0.374 e. The molecule has 0 aliphatic carbocycles. The molecule has 0 atom stereocenters. The van der Waals surface area contributed by atoms with Crippen molar-refractivity contribution in [1.82, 2.24) is 0 Å². The first-order chi connectivity index (χ1) is 19.3. The number of benzene rings is 2. The van der Waals surface area contributed by atoms with Gasteiger partial charge in [-0.3, -0.25) is 13.9 Å². The van der Waals surface area contributed by atoms with Crippen LogP contribution in [-0.4, -0.2) is 61.5 Å². The molecule has 41 heavy (non-hydrogen) atoms. The summed E-state index contributed by atoms with van der Waals surface area (Å²) in [4.78, 5) is 23.8. The van der Waals surface area contributed by atoms with E-state index in [0.29, 0.717) is 22.5 Å². The van der Waals surface area contributed by atoms with E-state index in [9.17, 15) is 31.5 Å². The first kappa shape index (κ1) is 29.7. The van der Waals surface area contributed by atoms with E-state index in [1.54, 1.807) is 27.7 Å². The molecule has 0 saturated carbocycles. The highest BCUT2D eigenvalue weighted by Crippen LogP contribution is 2.39. The van der Waals surface area contributed by atoms with E-state index in [2.05, 4.69) is 0 Å². The average Bonchev–Trinajstić information content (AvgIpc) is 3.40. The lowest BCUT2D eigenvalue weighted by molar-refractivity contribution is -0.677. The molecule has 3 aromatic rings. The molecule has 0 amide bonds. The summed E-state index contributed by atoms with van der Waals surface area (Å²) >= 11 is 0. The highest BCUT2D eigenvalue weighted by molar-refractivity contribution is 7.86. The molecular formula is C25H25N2O12S2+. The minimum Gasteiger partial charge on any atom is -0.478 e. The van der Waals surface area contributed by atoms with Crippen LogP contribution in [-0.2, 0) is 31.6 Å². The van der Waals surface area contributed by atoms with Crippen LogP contribution in [0, 0.1) is 0 Å². The van der Waals surface area contributed by atoms with Gasteiger partial charge >= 0.3 is 11.9 Å². The number of oxazole rings is 1. The maximum absolute atomic E-state index is 11.5. The van der Waals surface area contributed by atoms with Gasteiger partial charge in [-0.1, -0.05) is 0 Å². The molecule has 0 unspecified atom stereocenters. The lowest BCUT2D eigenvalue weighted by Gasteiger charge is -2.17. The van der Waals surface area contributed by atoms with E-state index < -0.39 is 37.7 Å². The van der Waals surface area contributed by atoms with Crippen LogP contribution in [0.1, 0.15) is 29.1 Å². The van der Waals surface area contributed by atoms with Crippen LogP contribution in [0.15, 0.2) is 58.9 Å². The van der Waals surface area contributed by atoms with Crippen LogP contribution in [0.5, 0.6) is 11.5 Å². The van der Waals surface area contributed by atoms with Gasteiger partial charge in [0, 0.05) is 13.0 Å². The minimum absolute atomic E-state index is 0.00457. The number of carboxylic acid groups (broad SMARTS) is 1. The van der Waals surface area contributed by atoms with Gasteiger partial charge in [0.1, 0.15) is 5.75 Å². The van der Waals surface area contributed by atoms with Crippen molar-refractivity contribution in [3.8, 4) is 11.5 Å². The fourth-order valence-corrected chi connectivity index (χ4v) is 5.16. The predicted molar refractivity (Wildman–Crippen MR) is 144 cm³/mol. The Balaban J connectivity index is 1.66. The Morgan fingerprint density at radius 3 is 2.44 bits per heavy atom. The second kappa shape index (κ2) is 12.1. The lowest BCUT2D eigenvalue weighted by atomic mass is 10.2. The highest BCUT2D eigenvalue weighted by atomic mass is 32.2. The van der Waals surface area contributed by atoms with Crippen molar-refractivity contribution in [2.75, 3.05) is 23.0 Å². The molecule has 0 radical (unpaired) electrons. The molecule has 2 aromatic carbocycles. The number of carbonyl (C=O) groups is 2. The standard InChI is InChI=1S/C25H24N2O12S2/c28-16-37-18-7-9-22-20(15-18)27(11-3-13-41(34,35)36)24(39-22)5-1-4-23-26(10-2-12-40(31,32)33)19-14-17(25(29)30)6-8-21(19)38-23/h1,4-9,14-16H,2-3,10-13H2,(H2-,29,30,31,32,33,34,35,36)/p+1. The van der Waals surface area contributed by atoms with Gasteiger partial charge in [-0.25, -0.2) is 4.79 Å². The molecule has 2 heterocycles. The number of hydrogen-bond donors (Lipinski definition) is 3. The van der Waals surface area contributed by atoms with Crippen molar-refractivity contribution in [3.63, 3.8) is 0 Å². The molecule has 1 aliphatic heterocycles. The monoisotopic (exact) mass is 609 g/mol. The van der Waals surface area contributed by atoms with Crippen LogP contribution in [0.4, 0.5) is 5.69 Å². The zero-order valence-corrected chi connectivity index (χ0v) is 22.9. The van der Waals surface area contributed by atoms with E-state index in [-0.39, 0.29) is 55.5 Å². The molecule has 1 aromatic heterocycles. The Labute approximate surface area is 234 Å². The van der Waals surface area contributed by atoms with Gasteiger partial charge in [0.15, 0.2) is 12.3 Å². The molecule has 0 fully saturated rings. The molecule has 0 saturated heterocycles. The van der Waals surface area contributed by atoms with E-state index in [1.165, 1.54) is 36.4 Å².